The molecule has 2 heterocycles. The molecule has 1 aromatic heterocycles. The fraction of sp³-hybridized carbons (Fsp3) is 0. The number of nitrogens with zero attached hydrogens (tertiary/aromatic N) is 2. The van der Waals surface area contributed by atoms with E-state index in [1.165, 1.54) is 30.6 Å². The van der Waals surface area contributed by atoms with Crippen LogP contribution in [0.1, 0.15) is 21.5 Å². The third kappa shape index (κ3) is 5.01. The molecule has 1 amide bonds. The minimum atomic E-state index is -1.33. The molecule has 8 heteroatoms. The molecular formula is C18H10N2Na2O4. The standard InChI is InChI=1S/C18H12N2O4.2Na/c21-15-7-5-11(9-19-15)17(12-6-8-16(22)20-10-12)13-3-1-2-4-14(13)18(23)24;;/h1-10H,(H,19,21)(H,23,24);;/q;2*+1/p-2/b17-12-;;. The van der Waals surface area contributed by atoms with Gasteiger partial charge in [0.2, 0.25) is 0 Å². The first-order chi connectivity index (χ1) is 11.6. The maximum Gasteiger partial charge on any atom is 1.00 e. The van der Waals surface area contributed by atoms with Crippen molar-refractivity contribution in [1.82, 2.24) is 4.98 Å². The van der Waals surface area contributed by atoms with Crippen molar-refractivity contribution in [2.24, 2.45) is 4.99 Å². The number of aromatic carboxylic acids is 1. The Hall–Kier alpha value is -1.54. The van der Waals surface area contributed by atoms with Crippen molar-refractivity contribution >= 4 is 23.7 Å². The first-order valence-corrected chi connectivity index (χ1v) is 7.01. The molecule has 0 saturated carbocycles. The second-order valence-electron chi connectivity index (χ2n) is 4.98. The number of hydrogen-bond acceptors (Lipinski definition) is 5. The van der Waals surface area contributed by atoms with Crippen LogP contribution in [0, 0.1) is 0 Å². The summed E-state index contributed by atoms with van der Waals surface area (Å²) in [4.78, 5) is 30.1. The first-order valence-electron chi connectivity index (χ1n) is 7.01. The van der Waals surface area contributed by atoms with Crippen LogP contribution in [0.2, 0.25) is 0 Å². The van der Waals surface area contributed by atoms with E-state index in [0.717, 1.165) is 0 Å². The van der Waals surface area contributed by atoms with Crippen molar-refractivity contribution in [1.29, 1.82) is 0 Å². The first kappa shape index (κ1) is 22.5. The van der Waals surface area contributed by atoms with Gasteiger partial charge < -0.3 is 15.0 Å². The second kappa shape index (κ2) is 9.97. The van der Waals surface area contributed by atoms with Gasteiger partial charge in [-0.25, -0.2) is 4.99 Å². The molecule has 0 radical (unpaired) electrons. The predicted octanol–water partition coefficient (Wildman–Crippen LogP) is -5.50. The molecule has 0 fully saturated rings. The van der Waals surface area contributed by atoms with E-state index >= 15 is 0 Å². The van der Waals surface area contributed by atoms with E-state index in [1.807, 2.05) is 0 Å². The Balaban J connectivity index is 0.00000169. The molecule has 0 spiro atoms. The van der Waals surface area contributed by atoms with E-state index in [1.54, 1.807) is 30.3 Å². The number of hydrogen-bond donors (Lipinski definition) is 0. The van der Waals surface area contributed by atoms with Gasteiger partial charge in [-0.15, -0.1) is 0 Å². The Labute approximate surface area is 194 Å². The maximum atomic E-state index is 11.4. The number of rotatable bonds is 3. The van der Waals surface area contributed by atoms with E-state index in [2.05, 4.69) is 9.98 Å². The molecule has 6 nitrogen and oxygen atoms in total. The summed E-state index contributed by atoms with van der Waals surface area (Å²) in [6.45, 7) is 0. The Morgan fingerprint density at radius 3 is 2.19 bits per heavy atom. The Morgan fingerprint density at radius 1 is 0.962 bits per heavy atom. The van der Waals surface area contributed by atoms with Crippen molar-refractivity contribution in [2.45, 2.75) is 0 Å². The van der Waals surface area contributed by atoms with Gasteiger partial charge in [-0.1, -0.05) is 36.4 Å². The number of benzene rings is 1. The third-order valence-electron chi connectivity index (χ3n) is 3.47. The van der Waals surface area contributed by atoms with Crippen LogP contribution in [-0.2, 0) is 4.79 Å². The number of dihydropyridines is 1. The Kier molecular flexibility index (Phi) is 8.62. The minimum absolute atomic E-state index is 0. The zero-order valence-electron chi connectivity index (χ0n) is 14.3. The molecule has 1 aliphatic rings. The van der Waals surface area contributed by atoms with Crippen LogP contribution in [-0.4, -0.2) is 23.1 Å². The number of pyridine rings is 1. The smallest absolute Gasteiger partial charge is 0.859 e. The molecule has 2 aromatic rings. The average molecular weight is 364 g/mol. The molecule has 0 bridgehead atoms. The van der Waals surface area contributed by atoms with Gasteiger partial charge in [0.15, 0.2) is 0 Å². The van der Waals surface area contributed by atoms with Crippen molar-refractivity contribution in [3.05, 3.63) is 77.0 Å². The van der Waals surface area contributed by atoms with Crippen LogP contribution in [0.25, 0.3) is 5.57 Å². The van der Waals surface area contributed by atoms with Gasteiger partial charge in [0.1, 0.15) is 0 Å². The van der Waals surface area contributed by atoms with Crippen molar-refractivity contribution in [2.75, 3.05) is 0 Å². The molecule has 0 atom stereocenters. The normalized spacial score (nSPS) is 14.2. The van der Waals surface area contributed by atoms with Gasteiger partial charge in [-0.3, -0.25) is 9.78 Å². The number of aliphatic imine (C=N–C) groups is 1. The molecule has 118 valence electrons. The molecule has 3 rings (SSSR count). The summed E-state index contributed by atoms with van der Waals surface area (Å²) in [5, 5.41) is 22.7. The van der Waals surface area contributed by atoms with Gasteiger partial charge in [0, 0.05) is 35.2 Å². The summed E-state index contributed by atoms with van der Waals surface area (Å²) in [5.41, 5.74) is 1.94. The fourth-order valence-electron chi connectivity index (χ4n) is 2.41. The molecule has 26 heavy (non-hydrogen) atoms. The van der Waals surface area contributed by atoms with Gasteiger partial charge in [-0.2, -0.15) is 0 Å². The van der Waals surface area contributed by atoms with Gasteiger partial charge in [0.25, 0.3) is 5.91 Å². The molecule has 0 saturated heterocycles. The zero-order chi connectivity index (χ0) is 17.1. The van der Waals surface area contributed by atoms with E-state index in [0.29, 0.717) is 22.3 Å². The predicted molar refractivity (Wildman–Crippen MR) is 83.1 cm³/mol. The second-order valence-corrected chi connectivity index (χ2v) is 4.98. The van der Waals surface area contributed by atoms with Gasteiger partial charge >= 0.3 is 59.1 Å². The van der Waals surface area contributed by atoms with E-state index < -0.39 is 17.8 Å². The quantitative estimate of drug-likeness (QED) is 0.505. The molecule has 1 aliphatic heterocycles. The monoisotopic (exact) mass is 364 g/mol. The van der Waals surface area contributed by atoms with Crippen LogP contribution in [0.15, 0.2) is 65.3 Å². The summed E-state index contributed by atoms with van der Waals surface area (Å²) >= 11 is 0. The number of carbonyl (C=O) groups is 2. The van der Waals surface area contributed by atoms with Gasteiger partial charge in [0.05, 0.1) is 5.97 Å². The summed E-state index contributed by atoms with van der Waals surface area (Å²) in [7, 11) is 0. The number of amides is 1. The molecule has 1 aromatic carbocycles. The van der Waals surface area contributed by atoms with Crippen molar-refractivity contribution in [3.63, 3.8) is 0 Å². The van der Waals surface area contributed by atoms with Crippen LogP contribution >= 0.6 is 0 Å². The van der Waals surface area contributed by atoms with Crippen LogP contribution in [0.5, 0.6) is 5.88 Å². The SMILES string of the molecule is O=C1C=C/C(=C(\c2ccc([O-])nc2)c2ccccc2C(=O)[O-])C=N1.[Na+].[Na+]. The Morgan fingerprint density at radius 2 is 1.65 bits per heavy atom. The van der Waals surface area contributed by atoms with E-state index in [9.17, 15) is 19.8 Å². The zero-order valence-corrected chi connectivity index (χ0v) is 18.3. The molecule has 0 N–H and O–H groups in total. The largest absolute Gasteiger partial charge is 1.00 e. The van der Waals surface area contributed by atoms with Crippen LogP contribution in [0.3, 0.4) is 0 Å². The van der Waals surface area contributed by atoms with Crippen LogP contribution < -0.4 is 69.3 Å². The molecular weight excluding hydrogens is 354 g/mol. The third-order valence-corrected chi connectivity index (χ3v) is 3.47. The summed E-state index contributed by atoms with van der Waals surface area (Å²) in [6, 6.07) is 9.15. The van der Waals surface area contributed by atoms with Gasteiger partial charge in [-0.05, 0) is 23.1 Å². The summed E-state index contributed by atoms with van der Waals surface area (Å²) < 4.78 is 0. The van der Waals surface area contributed by atoms with E-state index in [4.69, 9.17) is 0 Å². The topological polar surface area (TPSA) is 106 Å². The maximum absolute atomic E-state index is 11.4. The molecule has 0 unspecified atom stereocenters. The fourth-order valence-corrected chi connectivity index (χ4v) is 2.41. The average Bonchev–Trinajstić information content (AvgIpc) is 2.59. The summed E-state index contributed by atoms with van der Waals surface area (Å²) in [6.07, 6.45) is 5.54. The number of carboxylic acids is 1. The Bertz CT molecular complexity index is 901. The number of aromatic nitrogens is 1. The number of carbonyl (C=O) groups excluding carboxylic acids is 2. The number of carboxylic acid groups (broad SMARTS) is 1. The van der Waals surface area contributed by atoms with E-state index in [-0.39, 0.29) is 64.7 Å². The van der Waals surface area contributed by atoms with Crippen molar-refractivity contribution < 1.29 is 78.9 Å². The molecule has 0 aliphatic carbocycles. The van der Waals surface area contributed by atoms with Crippen molar-refractivity contribution in [3.8, 4) is 5.88 Å². The number of allylic oxidation sites excluding steroid dienone is 2. The van der Waals surface area contributed by atoms with Crippen LogP contribution in [0.4, 0.5) is 0 Å². The minimum Gasteiger partial charge on any atom is -0.859 e. The summed E-state index contributed by atoms with van der Waals surface area (Å²) in [5.74, 6) is -2.14.